The first-order chi connectivity index (χ1) is 9.61. The van der Waals surface area contributed by atoms with Crippen LogP contribution in [-0.4, -0.2) is 5.97 Å². The summed E-state index contributed by atoms with van der Waals surface area (Å²) in [6.07, 6.45) is 3.49. The van der Waals surface area contributed by atoms with Gasteiger partial charge in [-0.15, -0.1) is 11.3 Å². The Labute approximate surface area is 119 Å². The third kappa shape index (κ3) is 2.56. The highest BCUT2D eigenvalue weighted by Crippen LogP contribution is 2.28. The molecule has 2 aromatic rings. The molecule has 0 atom stereocenters. The molecule has 0 N–H and O–H groups in total. The fourth-order valence-corrected chi connectivity index (χ4v) is 2.76. The molecule has 0 spiro atoms. The first kappa shape index (κ1) is 12.8. The van der Waals surface area contributed by atoms with Gasteiger partial charge in [0.25, 0.3) is 0 Å². The molecule has 0 saturated carbocycles. The van der Waals surface area contributed by atoms with Crippen molar-refractivity contribution in [3.63, 3.8) is 0 Å². The number of carbonyl (C=O) groups excluding carboxylic acids is 1. The first-order valence-electron chi connectivity index (χ1n) is 6.10. The van der Waals surface area contributed by atoms with E-state index in [0.29, 0.717) is 16.9 Å². The Bertz CT molecular complexity index is 723. The number of thiophene rings is 1. The number of rotatable bonds is 2. The third-order valence-electron chi connectivity index (χ3n) is 2.91. The molecule has 20 heavy (non-hydrogen) atoms. The molecule has 1 aliphatic heterocycles. The Morgan fingerprint density at radius 1 is 1.15 bits per heavy atom. The van der Waals surface area contributed by atoms with Gasteiger partial charge in [-0.2, -0.15) is 0 Å². The van der Waals surface area contributed by atoms with Crippen molar-refractivity contribution in [2.45, 2.75) is 6.92 Å². The van der Waals surface area contributed by atoms with Crippen molar-refractivity contribution in [3.8, 4) is 0 Å². The minimum Gasteiger partial charge on any atom is -0.422 e. The van der Waals surface area contributed by atoms with Crippen LogP contribution in [0.2, 0.25) is 0 Å². The normalized spacial score (nSPS) is 16.4. The SMILES string of the molecule is Cc1ccc(/C=C2\C=C(c3ccc(F)cc3)OC2=O)s1. The zero-order valence-corrected chi connectivity index (χ0v) is 11.5. The highest BCUT2D eigenvalue weighted by molar-refractivity contribution is 7.12. The maximum Gasteiger partial charge on any atom is 0.343 e. The number of hydrogen-bond acceptors (Lipinski definition) is 3. The number of hydrogen-bond donors (Lipinski definition) is 0. The number of ether oxygens (including phenoxy) is 1. The van der Waals surface area contributed by atoms with Gasteiger partial charge in [0.05, 0.1) is 5.57 Å². The summed E-state index contributed by atoms with van der Waals surface area (Å²) in [5.74, 6) is -0.242. The highest BCUT2D eigenvalue weighted by atomic mass is 32.1. The predicted molar refractivity (Wildman–Crippen MR) is 77.5 cm³/mol. The van der Waals surface area contributed by atoms with Crippen molar-refractivity contribution in [2.24, 2.45) is 0 Å². The van der Waals surface area contributed by atoms with Crippen LogP contribution in [0.3, 0.4) is 0 Å². The van der Waals surface area contributed by atoms with Gasteiger partial charge in [-0.05, 0) is 55.5 Å². The van der Waals surface area contributed by atoms with Crippen molar-refractivity contribution < 1.29 is 13.9 Å². The van der Waals surface area contributed by atoms with Crippen molar-refractivity contribution >= 4 is 29.1 Å². The van der Waals surface area contributed by atoms with E-state index in [1.54, 1.807) is 35.6 Å². The quantitative estimate of drug-likeness (QED) is 0.611. The molecule has 0 aliphatic carbocycles. The molecule has 0 unspecified atom stereocenters. The standard InChI is InChI=1S/C16H11FO2S/c1-10-2-7-14(20-10)8-12-9-15(19-16(12)18)11-3-5-13(17)6-4-11/h2-9H,1H3/b12-8+. The van der Waals surface area contributed by atoms with Gasteiger partial charge in [-0.1, -0.05) is 0 Å². The first-order valence-corrected chi connectivity index (χ1v) is 6.91. The van der Waals surface area contributed by atoms with E-state index in [2.05, 4.69) is 0 Å². The fourth-order valence-electron chi connectivity index (χ4n) is 1.93. The lowest BCUT2D eigenvalue weighted by molar-refractivity contribution is -0.130. The number of cyclic esters (lactones) is 1. The molecule has 0 radical (unpaired) electrons. The number of carbonyl (C=O) groups is 1. The van der Waals surface area contributed by atoms with Crippen molar-refractivity contribution in [3.05, 3.63) is 69.2 Å². The van der Waals surface area contributed by atoms with E-state index >= 15 is 0 Å². The average Bonchev–Trinajstić information content (AvgIpc) is 2.98. The van der Waals surface area contributed by atoms with Gasteiger partial charge in [-0.3, -0.25) is 0 Å². The summed E-state index contributed by atoms with van der Waals surface area (Å²) in [6.45, 7) is 2.01. The van der Waals surface area contributed by atoms with Crippen LogP contribution < -0.4 is 0 Å². The topological polar surface area (TPSA) is 26.3 Å². The smallest absolute Gasteiger partial charge is 0.343 e. The Kier molecular flexibility index (Phi) is 3.24. The fraction of sp³-hybridized carbons (Fsp3) is 0.0625. The Balaban J connectivity index is 1.92. The van der Waals surface area contributed by atoms with Crippen molar-refractivity contribution in [2.75, 3.05) is 0 Å². The van der Waals surface area contributed by atoms with E-state index in [1.165, 1.54) is 17.0 Å². The molecule has 1 aromatic heterocycles. The lowest BCUT2D eigenvalue weighted by atomic mass is 10.1. The summed E-state index contributed by atoms with van der Waals surface area (Å²) in [6, 6.07) is 9.83. The van der Waals surface area contributed by atoms with E-state index in [4.69, 9.17) is 4.74 Å². The van der Waals surface area contributed by atoms with Crippen LogP contribution in [-0.2, 0) is 9.53 Å². The van der Waals surface area contributed by atoms with Crippen molar-refractivity contribution in [1.29, 1.82) is 0 Å². The van der Waals surface area contributed by atoms with Crippen LogP contribution in [0.1, 0.15) is 15.3 Å². The second-order valence-corrected chi connectivity index (χ2v) is 5.77. The number of aryl methyl sites for hydroxylation is 1. The molecule has 1 aromatic carbocycles. The maximum absolute atomic E-state index is 12.9. The van der Waals surface area contributed by atoms with Crippen LogP contribution in [0, 0.1) is 12.7 Å². The lowest BCUT2D eigenvalue weighted by Gasteiger charge is -2.00. The number of esters is 1. The van der Waals surface area contributed by atoms with Crippen LogP contribution in [0.15, 0.2) is 48.0 Å². The number of benzene rings is 1. The maximum atomic E-state index is 12.9. The molecule has 2 nitrogen and oxygen atoms in total. The van der Waals surface area contributed by atoms with E-state index in [1.807, 2.05) is 19.1 Å². The highest BCUT2D eigenvalue weighted by Gasteiger charge is 2.22. The minimum atomic E-state index is -0.379. The molecular formula is C16H11FO2S. The van der Waals surface area contributed by atoms with E-state index < -0.39 is 0 Å². The Morgan fingerprint density at radius 2 is 1.90 bits per heavy atom. The molecule has 0 bridgehead atoms. The van der Waals surface area contributed by atoms with Gasteiger partial charge < -0.3 is 4.74 Å². The van der Waals surface area contributed by atoms with Gasteiger partial charge in [0, 0.05) is 15.3 Å². The van der Waals surface area contributed by atoms with Gasteiger partial charge in [0.15, 0.2) is 0 Å². The van der Waals surface area contributed by atoms with Gasteiger partial charge in [-0.25, -0.2) is 9.18 Å². The molecule has 0 amide bonds. The number of halogens is 1. The predicted octanol–water partition coefficient (Wildman–Crippen LogP) is 4.18. The molecule has 4 heteroatoms. The Hall–Kier alpha value is -2.20. The summed E-state index contributed by atoms with van der Waals surface area (Å²) < 4.78 is 18.1. The monoisotopic (exact) mass is 286 g/mol. The molecule has 0 fully saturated rings. The summed E-state index contributed by atoms with van der Waals surface area (Å²) in [5, 5.41) is 0. The molecule has 3 rings (SSSR count). The van der Waals surface area contributed by atoms with Crippen LogP contribution in [0.5, 0.6) is 0 Å². The summed E-state index contributed by atoms with van der Waals surface area (Å²) >= 11 is 1.61. The Morgan fingerprint density at radius 3 is 2.55 bits per heavy atom. The van der Waals surface area contributed by atoms with E-state index in [9.17, 15) is 9.18 Å². The zero-order valence-electron chi connectivity index (χ0n) is 10.7. The van der Waals surface area contributed by atoms with Gasteiger partial charge in [0.1, 0.15) is 11.6 Å². The molecule has 1 aliphatic rings. The summed E-state index contributed by atoms with van der Waals surface area (Å²) in [5.41, 5.74) is 1.19. The third-order valence-corrected chi connectivity index (χ3v) is 3.86. The van der Waals surface area contributed by atoms with Crippen LogP contribution in [0.4, 0.5) is 4.39 Å². The summed E-state index contributed by atoms with van der Waals surface area (Å²) in [7, 11) is 0. The zero-order chi connectivity index (χ0) is 14.1. The second-order valence-electron chi connectivity index (χ2n) is 4.45. The summed E-state index contributed by atoms with van der Waals surface area (Å²) in [4.78, 5) is 14.0. The molecule has 2 heterocycles. The van der Waals surface area contributed by atoms with E-state index in [0.717, 1.165) is 4.88 Å². The van der Waals surface area contributed by atoms with Crippen LogP contribution in [0.25, 0.3) is 11.8 Å². The molecule has 100 valence electrons. The van der Waals surface area contributed by atoms with Gasteiger partial charge >= 0.3 is 5.97 Å². The van der Waals surface area contributed by atoms with Gasteiger partial charge in [0.2, 0.25) is 0 Å². The van der Waals surface area contributed by atoms with Crippen LogP contribution >= 0.6 is 11.3 Å². The van der Waals surface area contributed by atoms with E-state index in [-0.39, 0.29) is 11.8 Å². The lowest BCUT2D eigenvalue weighted by Crippen LogP contribution is -1.96. The minimum absolute atomic E-state index is 0.316. The average molecular weight is 286 g/mol. The molecule has 0 saturated heterocycles. The van der Waals surface area contributed by atoms with Crippen molar-refractivity contribution in [1.82, 2.24) is 0 Å². The second kappa shape index (κ2) is 5.06. The molecular weight excluding hydrogens is 275 g/mol. The largest absolute Gasteiger partial charge is 0.422 e.